The maximum Gasteiger partial charge on any atom is 0.305 e. The number of hydrogen-bond donors (Lipinski definition) is 1. The van der Waals surface area contributed by atoms with Crippen molar-refractivity contribution in [3.63, 3.8) is 0 Å². The molecule has 31 heavy (non-hydrogen) atoms. The summed E-state index contributed by atoms with van der Waals surface area (Å²) in [5, 5.41) is 0.982. The third-order valence-corrected chi connectivity index (χ3v) is 5.42. The molecule has 0 spiro atoms. The Balaban J connectivity index is 1.51. The first-order chi connectivity index (χ1) is 15.0. The predicted octanol–water partition coefficient (Wildman–Crippen LogP) is 2.77. The van der Waals surface area contributed by atoms with Gasteiger partial charge >= 0.3 is 5.97 Å². The number of primary amides is 1. The Morgan fingerprint density at radius 3 is 2.84 bits per heavy atom. The highest BCUT2D eigenvalue weighted by molar-refractivity contribution is 6.01. The highest BCUT2D eigenvalue weighted by Crippen LogP contribution is 2.33. The predicted molar refractivity (Wildman–Crippen MR) is 111 cm³/mol. The number of carbonyl (C=O) groups is 3. The van der Waals surface area contributed by atoms with E-state index in [1.165, 1.54) is 12.0 Å². The zero-order valence-corrected chi connectivity index (χ0v) is 17.0. The molecule has 1 aliphatic heterocycles. The molecular weight excluding hydrogens is 400 g/mol. The van der Waals surface area contributed by atoms with Crippen molar-refractivity contribution < 1.29 is 28.3 Å². The molecule has 1 atom stereocenters. The Kier molecular flexibility index (Phi) is 5.62. The number of amides is 2. The maximum atomic E-state index is 12.9. The fraction of sp³-hybridized carbons (Fsp3) is 0.261. The number of furan rings is 1. The first-order valence-electron chi connectivity index (χ1n) is 9.86. The third-order valence-electron chi connectivity index (χ3n) is 5.42. The summed E-state index contributed by atoms with van der Waals surface area (Å²) in [5.41, 5.74) is 8.45. The topological polar surface area (TPSA) is 112 Å². The molecule has 0 saturated carbocycles. The standard InChI is InChI=1S/C23H22N2O6/c1-29-21(26)8-6-18(22(24)27)25-12-17-16(23(25)28)3-2-4-20(17)31-13-14-5-7-19-15(11-14)9-10-30-19/h2-5,7,9-11,18H,6,8,12-13H2,1H3,(H2,24,27). The number of rotatable bonds is 8. The number of fused-ring (bicyclic) bond motifs is 2. The molecule has 1 unspecified atom stereocenters. The van der Waals surface area contributed by atoms with Crippen LogP contribution in [0.15, 0.2) is 53.1 Å². The highest BCUT2D eigenvalue weighted by atomic mass is 16.5. The van der Waals surface area contributed by atoms with Crippen molar-refractivity contribution in [2.75, 3.05) is 7.11 Å². The lowest BCUT2D eigenvalue weighted by Crippen LogP contribution is -2.45. The van der Waals surface area contributed by atoms with Gasteiger partial charge in [0.15, 0.2) is 0 Å². The minimum absolute atomic E-state index is 0.00984. The Bertz CT molecular complexity index is 1150. The Morgan fingerprint density at radius 1 is 1.23 bits per heavy atom. The van der Waals surface area contributed by atoms with Gasteiger partial charge in [-0.15, -0.1) is 0 Å². The molecule has 0 fully saturated rings. The van der Waals surface area contributed by atoms with Gasteiger partial charge in [-0.3, -0.25) is 14.4 Å². The first-order valence-corrected chi connectivity index (χ1v) is 9.86. The van der Waals surface area contributed by atoms with Gasteiger partial charge in [-0.2, -0.15) is 0 Å². The smallest absolute Gasteiger partial charge is 0.305 e. The number of ether oxygens (including phenoxy) is 2. The van der Waals surface area contributed by atoms with Gasteiger partial charge in [0.1, 0.15) is 24.0 Å². The van der Waals surface area contributed by atoms with Gasteiger partial charge < -0.3 is 24.5 Å². The number of nitrogens with zero attached hydrogens (tertiary/aromatic N) is 1. The van der Waals surface area contributed by atoms with Crippen LogP contribution in [0.5, 0.6) is 5.75 Å². The minimum atomic E-state index is -0.907. The zero-order chi connectivity index (χ0) is 22.0. The van der Waals surface area contributed by atoms with E-state index in [1.54, 1.807) is 24.5 Å². The number of methoxy groups -OCH3 is 1. The minimum Gasteiger partial charge on any atom is -0.489 e. The van der Waals surface area contributed by atoms with Crippen LogP contribution >= 0.6 is 0 Å². The summed E-state index contributed by atoms with van der Waals surface area (Å²) in [6, 6.07) is 12.0. The maximum absolute atomic E-state index is 12.9. The van der Waals surface area contributed by atoms with Crippen LogP contribution in [0.3, 0.4) is 0 Å². The van der Waals surface area contributed by atoms with Crippen molar-refractivity contribution in [2.24, 2.45) is 5.73 Å². The largest absolute Gasteiger partial charge is 0.489 e. The van der Waals surface area contributed by atoms with Gasteiger partial charge in [-0.25, -0.2) is 0 Å². The van der Waals surface area contributed by atoms with E-state index >= 15 is 0 Å². The number of esters is 1. The Hall–Kier alpha value is -3.81. The SMILES string of the molecule is COC(=O)CCC(C(N)=O)N1Cc2c(OCc3ccc4occc4c3)cccc2C1=O. The lowest BCUT2D eigenvalue weighted by molar-refractivity contribution is -0.141. The molecule has 8 nitrogen and oxygen atoms in total. The van der Waals surface area contributed by atoms with Gasteiger partial charge in [0.05, 0.1) is 19.9 Å². The van der Waals surface area contributed by atoms with E-state index in [4.69, 9.17) is 14.9 Å². The van der Waals surface area contributed by atoms with E-state index < -0.39 is 17.9 Å². The fourth-order valence-corrected chi connectivity index (χ4v) is 3.79. The average molecular weight is 422 g/mol. The average Bonchev–Trinajstić information content (AvgIpc) is 3.36. The van der Waals surface area contributed by atoms with Crippen molar-refractivity contribution in [3.8, 4) is 5.75 Å². The molecule has 0 aliphatic carbocycles. The highest BCUT2D eigenvalue weighted by Gasteiger charge is 2.37. The van der Waals surface area contributed by atoms with Gasteiger partial charge in [0, 0.05) is 22.9 Å². The second-order valence-electron chi connectivity index (χ2n) is 7.33. The van der Waals surface area contributed by atoms with Crippen molar-refractivity contribution >= 4 is 28.8 Å². The molecule has 2 aromatic carbocycles. The van der Waals surface area contributed by atoms with Crippen LogP contribution in [0.2, 0.25) is 0 Å². The molecule has 1 aromatic heterocycles. The molecule has 3 aromatic rings. The molecule has 0 bridgehead atoms. The lowest BCUT2D eigenvalue weighted by Gasteiger charge is -2.24. The number of carbonyl (C=O) groups excluding carboxylic acids is 3. The summed E-state index contributed by atoms with van der Waals surface area (Å²) in [5.74, 6) is -0.874. The van der Waals surface area contributed by atoms with E-state index in [1.807, 2.05) is 24.3 Å². The van der Waals surface area contributed by atoms with Crippen molar-refractivity contribution in [3.05, 3.63) is 65.4 Å². The fourth-order valence-electron chi connectivity index (χ4n) is 3.79. The van der Waals surface area contributed by atoms with E-state index in [-0.39, 0.29) is 25.3 Å². The van der Waals surface area contributed by atoms with Crippen LogP contribution < -0.4 is 10.5 Å². The molecule has 0 radical (unpaired) electrons. The first kappa shape index (κ1) is 20.5. The molecule has 1 aliphatic rings. The third kappa shape index (κ3) is 4.09. The number of nitrogens with two attached hydrogens (primary N) is 1. The van der Waals surface area contributed by atoms with Crippen molar-refractivity contribution in [2.45, 2.75) is 32.0 Å². The molecule has 8 heteroatoms. The van der Waals surface area contributed by atoms with Gasteiger partial charge in [-0.05, 0) is 42.3 Å². The van der Waals surface area contributed by atoms with Crippen LogP contribution in [-0.4, -0.2) is 35.8 Å². The van der Waals surface area contributed by atoms with Crippen LogP contribution in [-0.2, 0) is 27.5 Å². The Morgan fingerprint density at radius 2 is 2.06 bits per heavy atom. The summed E-state index contributed by atoms with van der Waals surface area (Å²) >= 11 is 0. The normalized spacial score (nSPS) is 13.8. The summed E-state index contributed by atoms with van der Waals surface area (Å²) in [6.07, 6.45) is 1.72. The summed E-state index contributed by atoms with van der Waals surface area (Å²) < 4.78 is 16.0. The van der Waals surface area contributed by atoms with Gasteiger partial charge in [0.25, 0.3) is 5.91 Å². The molecule has 2 N–H and O–H groups in total. The Labute approximate surface area is 178 Å². The number of benzene rings is 2. The van der Waals surface area contributed by atoms with E-state index in [9.17, 15) is 14.4 Å². The van der Waals surface area contributed by atoms with Crippen LogP contribution in [0, 0.1) is 0 Å². The molecule has 2 heterocycles. The second-order valence-corrected chi connectivity index (χ2v) is 7.33. The van der Waals surface area contributed by atoms with Crippen molar-refractivity contribution in [1.29, 1.82) is 0 Å². The van der Waals surface area contributed by atoms with Crippen molar-refractivity contribution in [1.82, 2.24) is 4.90 Å². The summed E-state index contributed by atoms with van der Waals surface area (Å²) in [7, 11) is 1.27. The monoisotopic (exact) mass is 422 g/mol. The zero-order valence-electron chi connectivity index (χ0n) is 17.0. The van der Waals surface area contributed by atoms with Gasteiger partial charge in [0.2, 0.25) is 5.91 Å². The summed E-state index contributed by atoms with van der Waals surface area (Å²) in [6.45, 7) is 0.493. The molecular formula is C23H22N2O6. The molecule has 4 rings (SSSR count). The van der Waals surface area contributed by atoms with Crippen LogP contribution in [0.1, 0.15) is 34.3 Å². The second kappa shape index (κ2) is 8.51. The molecule has 0 saturated heterocycles. The van der Waals surface area contributed by atoms with E-state index in [0.29, 0.717) is 23.5 Å². The number of hydrogen-bond acceptors (Lipinski definition) is 6. The van der Waals surface area contributed by atoms with E-state index in [0.717, 1.165) is 16.5 Å². The van der Waals surface area contributed by atoms with Crippen LogP contribution in [0.4, 0.5) is 0 Å². The van der Waals surface area contributed by atoms with E-state index in [2.05, 4.69) is 4.74 Å². The summed E-state index contributed by atoms with van der Waals surface area (Å²) in [4.78, 5) is 37.8. The molecule has 2 amide bonds. The quantitative estimate of drug-likeness (QED) is 0.559. The van der Waals surface area contributed by atoms with Gasteiger partial charge in [-0.1, -0.05) is 12.1 Å². The lowest BCUT2D eigenvalue weighted by atomic mass is 10.1. The van der Waals surface area contributed by atoms with Crippen LogP contribution in [0.25, 0.3) is 11.0 Å². The molecule has 160 valence electrons.